The molecule has 0 bridgehead atoms. The summed E-state index contributed by atoms with van der Waals surface area (Å²) in [4.78, 5) is 12.4. The highest BCUT2D eigenvalue weighted by Gasteiger charge is 2.08. The van der Waals surface area contributed by atoms with Crippen molar-refractivity contribution in [1.29, 1.82) is 0 Å². The van der Waals surface area contributed by atoms with Crippen molar-refractivity contribution >= 4 is 28.9 Å². The van der Waals surface area contributed by atoms with Gasteiger partial charge in [-0.25, -0.2) is 0 Å². The van der Waals surface area contributed by atoms with E-state index in [1.165, 1.54) is 4.21 Å². The van der Waals surface area contributed by atoms with Crippen LogP contribution >= 0.6 is 23.1 Å². The molecule has 0 amide bonds. The smallest absolute Gasteiger partial charge is 0.175 e. The van der Waals surface area contributed by atoms with Crippen molar-refractivity contribution in [3.63, 3.8) is 0 Å². The second kappa shape index (κ2) is 6.22. The van der Waals surface area contributed by atoms with E-state index in [4.69, 9.17) is 4.74 Å². The lowest BCUT2D eigenvalue weighted by Gasteiger charge is -1.95. The van der Waals surface area contributed by atoms with Crippen molar-refractivity contribution in [2.75, 3.05) is 19.5 Å². The molecule has 78 valence electrons. The summed E-state index contributed by atoms with van der Waals surface area (Å²) in [6.45, 7) is 2.61. The summed E-state index contributed by atoms with van der Waals surface area (Å²) >= 11 is 3.35. The third-order valence-corrected chi connectivity index (χ3v) is 3.91. The number of carbonyl (C=O) groups is 1. The molecule has 1 rings (SSSR count). The fourth-order valence-electron chi connectivity index (χ4n) is 1.01. The minimum absolute atomic E-state index is 0.180. The maximum absolute atomic E-state index is 11.5. The molecule has 1 aromatic heterocycles. The van der Waals surface area contributed by atoms with Gasteiger partial charge in [0.15, 0.2) is 5.78 Å². The summed E-state index contributed by atoms with van der Waals surface area (Å²) in [6, 6.07) is 3.92. The zero-order valence-electron chi connectivity index (χ0n) is 8.41. The van der Waals surface area contributed by atoms with Gasteiger partial charge in [0.1, 0.15) is 0 Å². The Kier molecular flexibility index (Phi) is 5.22. The molecular weight excluding hydrogens is 216 g/mol. The zero-order chi connectivity index (χ0) is 10.4. The van der Waals surface area contributed by atoms with Gasteiger partial charge in [-0.3, -0.25) is 4.79 Å². The van der Waals surface area contributed by atoms with Crippen molar-refractivity contribution in [1.82, 2.24) is 0 Å². The largest absolute Gasteiger partial charge is 0.384 e. The number of thioether (sulfide) groups is 1. The quantitative estimate of drug-likeness (QED) is 0.555. The van der Waals surface area contributed by atoms with Gasteiger partial charge >= 0.3 is 0 Å². The van der Waals surface area contributed by atoms with Crippen LogP contribution < -0.4 is 0 Å². The Balaban J connectivity index is 2.53. The molecule has 14 heavy (non-hydrogen) atoms. The summed E-state index contributed by atoms with van der Waals surface area (Å²) in [5.41, 5.74) is 0. The van der Waals surface area contributed by atoms with E-state index < -0.39 is 0 Å². The molecule has 0 aliphatic carbocycles. The fourth-order valence-corrected chi connectivity index (χ4v) is 3.02. The molecule has 0 saturated heterocycles. The van der Waals surface area contributed by atoms with E-state index in [0.717, 1.165) is 10.6 Å². The lowest BCUT2D eigenvalue weighted by Crippen LogP contribution is -2.00. The van der Waals surface area contributed by atoms with Crippen LogP contribution in [-0.4, -0.2) is 25.3 Å². The van der Waals surface area contributed by atoms with Crippen molar-refractivity contribution in [3.8, 4) is 0 Å². The van der Waals surface area contributed by atoms with Crippen LogP contribution in [0, 0.1) is 0 Å². The van der Waals surface area contributed by atoms with Gasteiger partial charge in [0, 0.05) is 13.5 Å². The minimum Gasteiger partial charge on any atom is -0.384 e. The second-order valence-corrected chi connectivity index (χ2v) is 5.37. The van der Waals surface area contributed by atoms with Gasteiger partial charge in [-0.2, -0.15) is 0 Å². The Morgan fingerprint density at radius 1 is 1.57 bits per heavy atom. The van der Waals surface area contributed by atoms with Gasteiger partial charge < -0.3 is 4.74 Å². The Morgan fingerprint density at radius 2 is 2.36 bits per heavy atom. The Hall–Kier alpha value is -0.320. The molecule has 0 N–H and O–H groups in total. The normalized spacial score (nSPS) is 10.4. The number of hydrogen-bond donors (Lipinski definition) is 0. The molecule has 4 heteroatoms. The van der Waals surface area contributed by atoms with Crippen LogP contribution in [0.1, 0.15) is 23.0 Å². The molecule has 0 aliphatic rings. The Bertz CT molecular complexity index is 294. The molecule has 0 aliphatic heterocycles. The van der Waals surface area contributed by atoms with E-state index >= 15 is 0 Å². The number of rotatable bonds is 6. The van der Waals surface area contributed by atoms with Crippen molar-refractivity contribution in [2.24, 2.45) is 0 Å². The van der Waals surface area contributed by atoms with E-state index in [1.54, 1.807) is 30.2 Å². The predicted molar refractivity (Wildman–Crippen MR) is 61.5 cm³/mol. The number of Topliss-reactive ketones (excluding diaryl/α,β-unsaturated/α-hetero) is 1. The highest BCUT2D eigenvalue weighted by atomic mass is 32.2. The van der Waals surface area contributed by atoms with E-state index in [-0.39, 0.29) is 5.78 Å². The molecule has 0 unspecified atom stereocenters. The summed E-state index contributed by atoms with van der Waals surface area (Å²) in [5.74, 6) is 1.23. The number of hydrogen-bond acceptors (Lipinski definition) is 4. The van der Waals surface area contributed by atoms with Crippen molar-refractivity contribution in [2.45, 2.75) is 17.6 Å². The number of thiophene rings is 1. The minimum atomic E-state index is 0.180. The van der Waals surface area contributed by atoms with Gasteiger partial charge in [0.05, 0.1) is 15.7 Å². The summed E-state index contributed by atoms with van der Waals surface area (Å²) < 4.78 is 6.08. The molecular formula is C10H14O2S2. The van der Waals surface area contributed by atoms with E-state index in [2.05, 4.69) is 6.92 Å². The van der Waals surface area contributed by atoms with E-state index in [1.807, 2.05) is 12.1 Å². The van der Waals surface area contributed by atoms with Crippen molar-refractivity contribution in [3.05, 3.63) is 17.0 Å². The van der Waals surface area contributed by atoms with Crippen LogP contribution in [0.4, 0.5) is 0 Å². The first-order chi connectivity index (χ1) is 6.77. The lowest BCUT2D eigenvalue weighted by molar-refractivity contribution is 0.0936. The fraction of sp³-hybridized carbons (Fsp3) is 0.500. The topological polar surface area (TPSA) is 26.3 Å². The maximum Gasteiger partial charge on any atom is 0.175 e. The number of methoxy groups -OCH3 is 1. The molecule has 0 saturated carbocycles. The van der Waals surface area contributed by atoms with E-state index in [0.29, 0.717) is 13.0 Å². The van der Waals surface area contributed by atoms with Gasteiger partial charge in [-0.1, -0.05) is 6.92 Å². The first-order valence-corrected chi connectivity index (χ1v) is 6.33. The van der Waals surface area contributed by atoms with Crippen molar-refractivity contribution < 1.29 is 9.53 Å². The molecule has 0 aromatic carbocycles. The first-order valence-electron chi connectivity index (χ1n) is 4.52. The third kappa shape index (κ3) is 3.44. The second-order valence-electron chi connectivity index (χ2n) is 2.72. The van der Waals surface area contributed by atoms with Crippen LogP contribution in [-0.2, 0) is 4.74 Å². The van der Waals surface area contributed by atoms with Crippen LogP contribution in [0.15, 0.2) is 16.3 Å². The molecule has 0 radical (unpaired) electrons. The van der Waals surface area contributed by atoms with Crippen LogP contribution in [0.2, 0.25) is 0 Å². The Labute approximate surface area is 92.7 Å². The highest BCUT2D eigenvalue weighted by molar-refractivity contribution is 8.01. The number of carbonyl (C=O) groups excluding carboxylic acids is 1. The monoisotopic (exact) mass is 230 g/mol. The van der Waals surface area contributed by atoms with Gasteiger partial charge in [-0.15, -0.1) is 23.1 Å². The zero-order valence-corrected chi connectivity index (χ0v) is 10.0. The predicted octanol–water partition coefficient (Wildman–Crippen LogP) is 3.08. The van der Waals surface area contributed by atoms with Gasteiger partial charge in [-0.05, 0) is 17.9 Å². The maximum atomic E-state index is 11.5. The SMILES string of the molecule is CCSc1ccc(C(=O)CCOC)s1. The van der Waals surface area contributed by atoms with Gasteiger partial charge in [0.25, 0.3) is 0 Å². The first kappa shape index (κ1) is 11.8. The molecule has 0 fully saturated rings. The molecule has 0 spiro atoms. The van der Waals surface area contributed by atoms with Crippen LogP contribution in [0.5, 0.6) is 0 Å². The lowest BCUT2D eigenvalue weighted by atomic mass is 10.2. The third-order valence-electron chi connectivity index (χ3n) is 1.68. The van der Waals surface area contributed by atoms with Gasteiger partial charge in [0.2, 0.25) is 0 Å². The molecule has 1 heterocycles. The molecule has 2 nitrogen and oxygen atoms in total. The summed E-state index contributed by atoms with van der Waals surface area (Å²) in [6.07, 6.45) is 0.479. The average molecular weight is 230 g/mol. The summed E-state index contributed by atoms with van der Waals surface area (Å²) in [7, 11) is 1.61. The van der Waals surface area contributed by atoms with Crippen LogP contribution in [0.25, 0.3) is 0 Å². The summed E-state index contributed by atoms with van der Waals surface area (Å²) in [5, 5.41) is 0. The highest BCUT2D eigenvalue weighted by Crippen LogP contribution is 2.27. The van der Waals surface area contributed by atoms with E-state index in [9.17, 15) is 4.79 Å². The Morgan fingerprint density at radius 3 is 3.00 bits per heavy atom. The standard InChI is InChI=1S/C10H14O2S2/c1-3-13-10-5-4-9(14-10)8(11)6-7-12-2/h4-5H,3,6-7H2,1-2H3. The molecule has 0 atom stereocenters. The van der Waals surface area contributed by atoms with Crippen LogP contribution in [0.3, 0.4) is 0 Å². The number of ketones is 1. The number of ether oxygens (including phenoxy) is 1. The molecule has 1 aromatic rings. The average Bonchev–Trinajstić information content (AvgIpc) is 2.63.